The molecule has 0 radical (unpaired) electrons. The van der Waals surface area contributed by atoms with Gasteiger partial charge in [-0.3, -0.25) is 4.79 Å². The molecule has 1 fully saturated rings. The number of nitrogens with one attached hydrogen (secondary N) is 1. The van der Waals surface area contributed by atoms with Crippen molar-refractivity contribution >= 4 is 18.3 Å². The van der Waals surface area contributed by atoms with E-state index in [0.29, 0.717) is 17.7 Å². The van der Waals surface area contributed by atoms with E-state index in [0.717, 1.165) is 38.2 Å². The Balaban J connectivity index is 0.00000200. The number of nitrogens with zero attached hydrogens (tertiary/aromatic N) is 2. The van der Waals surface area contributed by atoms with Gasteiger partial charge in [0.2, 0.25) is 5.76 Å². The molecule has 1 aliphatic heterocycles. The Hall–Kier alpha value is -1.07. The van der Waals surface area contributed by atoms with Crippen molar-refractivity contribution in [2.45, 2.75) is 45.6 Å². The summed E-state index contributed by atoms with van der Waals surface area (Å²) in [6.07, 6.45) is 2.03. The van der Waals surface area contributed by atoms with Crippen molar-refractivity contribution in [2.24, 2.45) is 0 Å². The number of carbonyl (C=O) groups is 1. The Morgan fingerprint density at radius 2 is 2.25 bits per heavy atom. The van der Waals surface area contributed by atoms with Crippen molar-refractivity contribution in [1.29, 1.82) is 0 Å². The number of hydrogen-bond acceptors (Lipinski definition) is 4. The van der Waals surface area contributed by atoms with Gasteiger partial charge in [-0.15, -0.1) is 12.4 Å². The molecule has 114 valence electrons. The summed E-state index contributed by atoms with van der Waals surface area (Å²) in [6.45, 7) is 8.62. The van der Waals surface area contributed by atoms with Gasteiger partial charge in [0.15, 0.2) is 0 Å². The zero-order valence-corrected chi connectivity index (χ0v) is 13.2. The van der Waals surface area contributed by atoms with Crippen molar-refractivity contribution in [3.8, 4) is 0 Å². The SMILES string of the molecule is CCC(CC)c1cc(C(=O)N2CCNC(C)C2)on1.Cl. The van der Waals surface area contributed by atoms with Crippen molar-refractivity contribution in [3.63, 3.8) is 0 Å². The monoisotopic (exact) mass is 301 g/mol. The first-order chi connectivity index (χ1) is 9.15. The fourth-order valence-electron chi connectivity index (χ4n) is 2.56. The number of halogens is 1. The number of hydrogen-bond donors (Lipinski definition) is 1. The summed E-state index contributed by atoms with van der Waals surface area (Å²) < 4.78 is 5.24. The Morgan fingerprint density at radius 1 is 1.55 bits per heavy atom. The fraction of sp³-hybridized carbons (Fsp3) is 0.714. The molecule has 6 heteroatoms. The Bertz CT molecular complexity index is 432. The van der Waals surface area contributed by atoms with Crippen LogP contribution in [-0.4, -0.2) is 41.6 Å². The number of piperazine rings is 1. The van der Waals surface area contributed by atoms with Gasteiger partial charge in [0, 0.05) is 37.7 Å². The molecule has 0 saturated carbocycles. The molecule has 20 heavy (non-hydrogen) atoms. The minimum atomic E-state index is -0.0435. The molecular weight excluding hydrogens is 278 g/mol. The largest absolute Gasteiger partial charge is 0.351 e. The summed E-state index contributed by atoms with van der Waals surface area (Å²) in [7, 11) is 0. The highest BCUT2D eigenvalue weighted by atomic mass is 35.5. The molecule has 1 amide bonds. The maximum atomic E-state index is 12.3. The van der Waals surface area contributed by atoms with Crippen LogP contribution in [0.2, 0.25) is 0 Å². The van der Waals surface area contributed by atoms with E-state index >= 15 is 0 Å². The van der Waals surface area contributed by atoms with Gasteiger partial charge in [0.1, 0.15) is 0 Å². The van der Waals surface area contributed by atoms with Gasteiger partial charge in [-0.2, -0.15) is 0 Å². The molecule has 0 spiro atoms. The van der Waals surface area contributed by atoms with E-state index < -0.39 is 0 Å². The van der Waals surface area contributed by atoms with E-state index in [9.17, 15) is 4.79 Å². The smallest absolute Gasteiger partial charge is 0.292 e. The topological polar surface area (TPSA) is 58.4 Å². The minimum absolute atomic E-state index is 0. The van der Waals surface area contributed by atoms with Crippen LogP contribution < -0.4 is 5.32 Å². The highest BCUT2D eigenvalue weighted by Gasteiger charge is 2.25. The molecule has 1 aromatic heterocycles. The molecule has 2 rings (SSSR count). The highest BCUT2D eigenvalue weighted by Crippen LogP contribution is 2.23. The van der Waals surface area contributed by atoms with E-state index in [2.05, 4.69) is 31.2 Å². The van der Waals surface area contributed by atoms with Crippen LogP contribution in [0.5, 0.6) is 0 Å². The lowest BCUT2D eigenvalue weighted by molar-refractivity contribution is 0.0667. The van der Waals surface area contributed by atoms with Crippen LogP contribution in [0.25, 0.3) is 0 Å². The number of carbonyl (C=O) groups excluding carboxylic acids is 1. The summed E-state index contributed by atoms with van der Waals surface area (Å²) in [5.41, 5.74) is 0.900. The molecule has 1 aliphatic rings. The van der Waals surface area contributed by atoms with E-state index in [-0.39, 0.29) is 18.3 Å². The van der Waals surface area contributed by atoms with Gasteiger partial charge >= 0.3 is 0 Å². The van der Waals surface area contributed by atoms with Crippen molar-refractivity contribution in [3.05, 3.63) is 17.5 Å². The van der Waals surface area contributed by atoms with Gasteiger partial charge in [-0.05, 0) is 19.8 Å². The molecule has 5 nitrogen and oxygen atoms in total. The first kappa shape index (κ1) is 17.0. The second kappa shape index (κ2) is 7.64. The lowest BCUT2D eigenvalue weighted by Crippen LogP contribution is -2.51. The van der Waals surface area contributed by atoms with Crippen LogP contribution in [0.1, 0.15) is 55.8 Å². The molecule has 1 unspecified atom stereocenters. The number of rotatable bonds is 4. The van der Waals surface area contributed by atoms with E-state index in [1.54, 1.807) is 0 Å². The summed E-state index contributed by atoms with van der Waals surface area (Å²) in [5.74, 6) is 0.710. The van der Waals surface area contributed by atoms with Crippen LogP contribution in [0, 0.1) is 0 Å². The Kier molecular flexibility index (Phi) is 6.49. The number of aromatic nitrogens is 1. The first-order valence-corrected chi connectivity index (χ1v) is 7.15. The molecule has 2 heterocycles. The minimum Gasteiger partial charge on any atom is -0.351 e. The zero-order valence-electron chi connectivity index (χ0n) is 12.4. The lowest BCUT2D eigenvalue weighted by Gasteiger charge is -2.31. The molecule has 1 saturated heterocycles. The zero-order chi connectivity index (χ0) is 13.8. The Labute approximate surface area is 126 Å². The second-order valence-corrected chi connectivity index (χ2v) is 5.24. The van der Waals surface area contributed by atoms with Gasteiger partial charge < -0.3 is 14.7 Å². The molecule has 1 N–H and O–H groups in total. The number of amides is 1. The fourth-order valence-corrected chi connectivity index (χ4v) is 2.56. The molecule has 0 bridgehead atoms. The van der Waals surface area contributed by atoms with Gasteiger partial charge in [-0.1, -0.05) is 19.0 Å². The third-order valence-corrected chi connectivity index (χ3v) is 3.80. The van der Waals surface area contributed by atoms with Crippen LogP contribution in [-0.2, 0) is 0 Å². The predicted octanol–water partition coefficient (Wildman–Crippen LogP) is 2.43. The van der Waals surface area contributed by atoms with Crippen molar-refractivity contribution < 1.29 is 9.32 Å². The summed E-state index contributed by atoms with van der Waals surface area (Å²) in [4.78, 5) is 14.2. The average molecular weight is 302 g/mol. The lowest BCUT2D eigenvalue weighted by atomic mass is 9.99. The van der Waals surface area contributed by atoms with E-state index in [4.69, 9.17) is 4.52 Å². The van der Waals surface area contributed by atoms with Crippen LogP contribution in [0.3, 0.4) is 0 Å². The van der Waals surface area contributed by atoms with Gasteiger partial charge in [-0.25, -0.2) is 0 Å². The van der Waals surface area contributed by atoms with Crippen molar-refractivity contribution in [1.82, 2.24) is 15.4 Å². The van der Waals surface area contributed by atoms with Gasteiger partial charge in [0.05, 0.1) is 5.69 Å². The molecule has 1 aromatic rings. The molecule has 0 aromatic carbocycles. The summed E-state index contributed by atoms with van der Waals surface area (Å²) in [6, 6.07) is 2.14. The third kappa shape index (κ3) is 3.73. The average Bonchev–Trinajstić information content (AvgIpc) is 2.89. The third-order valence-electron chi connectivity index (χ3n) is 3.80. The maximum Gasteiger partial charge on any atom is 0.292 e. The Morgan fingerprint density at radius 3 is 2.85 bits per heavy atom. The van der Waals surface area contributed by atoms with Crippen LogP contribution >= 0.6 is 12.4 Å². The standard InChI is InChI=1S/C14H23N3O2.ClH/c1-4-11(5-2)12-8-13(19-16-12)14(18)17-7-6-15-10(3)9-17;/h8,10-11,15H,4-7,9H2,1-3H3;1H. The molecular formula is C14H24ClN3O2. The van der Waals surface area contributed by atoms with Crippen LogP contribution in [0.4, 0.5) is 0 Å². The second-order valence-electron chi connectivity index (χ2n) is 5.24. The van der Waals surface area contributed by atoms with Gasteiger partial charge in [0.25, 0.3) is 5.91 Å². The van der Waals surface area contributed by atoms with Crippen molar-refractivity contribution in [2.75, 3.05) is 19.6 Å². The summed E-state index contributed by atoms with van der Waals surface area (Å²) in [5, 5.41) is 7.37. The van der Waals surface area contributed by atoms with E-state index in [1.165, 1.54) is 0 Å². The first-order valence-electron chi connectivity index (χ1n) is 7.15. The summed E-state index contributed by atoms with van der Waals surface area (Å²) >= 11 is 0. The normalized spacial score (nSPS) is 19.0. The predicted molar refractivity (Wildman–Crippen MR) is 80.4 cm³/mol. The van der Waals surface area contributed by atoms with Crippen LogP contribution in [0.15, 0.2) is 10.6 Å². The molecule has 0 aliphatic carbocycles. The quantitative estimate of drug-likeness (QED) is 0.928. The highest BCUT2D eigenvalue weighted by molar-refractivity contribution is 5.91. The van der Waals surface area contributed by atoms with E-state index in [1.807, 2.05) is 11.0 Å². The maximum absolute atomic E-state index is 12.3. The molecule has 1 atom stereocenters.